The second-order valence-electron chi connectivity index (χ2n) is 3.62. The van der Waals surface area contributed by atoms with Gasteiger partial charge in [-0.15, -0.1) is 0 Å². The summed E-state index contributed by atoms with van der Waals surface area (Å²) < 4.78 is 11.0. The number of hydrogen-bond donors (Lipinski definition) is 1. The molecule has 0 aromatic heterocycles. The lowest BCUT2D eigenvalue weighted by Crippen LogP contribution is -2.56. The molecule has 0 aromatic carbocycles. The molecule has 0 saturated carbocycles. The van der Waals surface area contributed by atoms with Gasteiger partial charge in [-0.25, -0.2) is 0 Å². The molecule has 72 valence electrons. The predicted molar refractivity (Wildman–Crippen MR) is 48.3 cm³/mol. The first-order chi connectivity index (χ1) is 5.67. The molecule has 1 unspecified atom stereocenters. The Kier molecular flexibility index (Phi) is 3.50. The Morgan fingerprint density at radius 1 is 1.58 bits per heavy atom. The highest BCUT2D eigenvalue weighted by Crippen LogP contribution is 2.18. The van der Waals surface area contributed by atoms with Crippen molar-refractivity contribution in [3.8, 4) is 0 Å². The van der Waals surface area contributed by atoms with Crippen molar-refractivity contribution in [2.45, 2.75) is 32.4 Å². The van der Waals surface area contributed by atoms with E-state index in [9.17, 15) is 0 Å². The zero-order valence-corrected chi connectivity index (χ0v) is 8.22. The van der Waals surface area contributed by atoms with E-state index in [1.807, 2.05) is 6.92 Å². The Hall–Kier alpha value is -0.120. The lowest BCUT2D eigenvalue weighted by Gasteiger charge is -2.39. The zero-order chi connectivity index (χ0) is 9.03. The third-order valence-electron chi connectivity index (χ3n) is 2.29. The van der Waals surface area contributed by atoms with Gasteiger partial charge in [0.15, 0.2) is 0 Å². The van der Waals surface area contributed by atoms with Crippen LogP contribution in [0, 0.1) is 0 Å². The van der Waals surface area contributed by atoms with E-state index >= 15 is 0 Å². The van der Waals surface area contributed by atoms with Crippen molar-refractivity contribution in [2.75, 3.05) is 26.4 Å². The molecule has 12 heavy (non-hydrogen) atoms. The average molecular weight is 173 g/mol. The highest BCUT2D eigenvalue weighted by Gasteiger charge is 2.32. The van der Waals surface area contributed by atoms with Crippen molar-refractivity contribution >= 4 is 0 Å². The molecule has 1 saturated heterocycles. The third-order valence-corrected chi connectivity index (χ3v) is 2.29. The van der Waals surface area contributed by atoms with E-state index in [0.29, 0.717) is 6.04 Å². The van der Waals surface area contributed by atoms with Crippen LogP contribution in [0.3, 0.4) is 0 Å². The van der Waals surface area contributed by atoms with Crippen molar-refractivity contribution in [3.63, 3.8) is 0 Å². The van der Waals surface area contributed by atoms with Gasteiger partial charge in [0.2, 0.25) is 0 Å². The number of nitrogens with one attached hydrogen (secondary N) is 1. The Labute approximate surface area is 74.4 Å². The van der Waals surface area contributed by atoms with Crippen molar-refractivity contribution in [2.24, 2.45) is 0 Å². The number of morpholine rings is 1. The van der Waals surface area contributed by atoms with Gasteiger partial charge in [0.25, 0.3) is 0 Å². The van der Waals surface area contributed by atoms with Crippen LogP contribution in [0.2, 0.25) is 0 Å². The topological polar surface area (TPSA) is 30.5 Å². The highest BCUT2D eigenvalue weighted by atomic mass is 16.5. The maximum absolute atomic E-state index is 5.63. The summed E-state index contributed by atoms with van der Waals surface area (Å²) in [5.41, 5.74) is -0.0899. The molecule has 0 amide bonds. The zero-order valence-electron chi connectivity index (χ0n) is 8.22. The van der Waals surface area contributed by atoms with Crippen LogP contribution in [0.1, 0.15) is 20.8 Å². The number of hydrogen-bond acceptors (Lipinski definition) is 3. The van der Waals surface area contributed by atoms with Crippen LogP contribution in [-0.4, -0.2) is 38.0 Å². The standard InChI is InChI=1S/C9H19NO2/c1-4-11-7-8-9(2,3)12-6-5-10-8/h8,10H,4-7H2,1-3H3. The summed E-state index contributed by atoms with van der Waals surface area (Å²) in [6.45, 7) is 9.46. The van der Waals surface area contributed by atoms with Gasteiger partial charge in [0.1, 0.15) is 0 Å². The fourth-order valence-corrected chi connectivity index (χ4v) is 1.39. The molecule has 1 aliphatic heterocycles. The van der Waals surface area contributed by atoms with Crippen LogP contribution in [0.4, 0.5) is 0 Å². The molecule has 1 rings (SSSR count). The van der Waals surface area contributed by atoms with Gasteiger partial charge in [0, 0.05) is 13.2 Å². The minimum absolute atomic E-state index is 0.0899. The largest absolute Gasteiger partial charge is 0.380 e. The summed E-state index contributed by atoms with van der Waals surface area (Å²) in [4.78, 5) is 0. The Balaban J connectivity index is 2.37. The first-order valence-corrected chi connectivity index (χ1v) is 4.62. The summed E-state index contributed by atoms with van der Waals surface area (Å²) >= 11 is 0. The average Bonchev–Trinajstić information content (AvgIpc) is 2.02. The summed E-state index contributed by atoms with van der Waals surface area (Å²) in [5, 5.41) is 3.39. The second kappa shape index (κ2) is 4.21. The van der Waals surface area contributed by atoms with Crippen LogP contribution in [0.5, 0.6) is 0 Å². The molecule has 3 nitrogen and oxygen atoms in total. The van der Waals surface area contributed by atoms with Gasteiger partial charge in [-0.1, -0.05) is 0 Å². The van der Waals surface area contributed by atoms with E-state index in [-0.39, 0.29) is 5.60 Å². The Morgan fingerprint density at radius 3 is 2.92 bits per heavy atom. The third kappa shape index (κ3) is 2.44. The fraction of sp³-hybridized carbons (Fsp3) is 1.00. The molecule has 1 heterocycles. The SMILES string of the molecule is CCOCC1NCCOC1(C)C. The molecule has 1 atom stereocenters. The molecule has 0 spiro atoms. The molecule has 1 aliphatic rings. The summed E-state index contributed by atoms with van der Waals surface area (Å²) in [7, 11) is 0. The van der Waals surface area contributed by atoms with Gasteiger partial charge in [-0.05, 0) is 20.8 Å². The Morgan fingerprint density at radius 2 is 2.33 bits per heavy atom. The van der Waals surface area contributed by atoms with E-state index < -0.39 is 0 Å². The van der Waals surface area contributed by atoms with Crippen LogP contribution >= 0.6 is 0 Å². The fourth-order valence-electron chi connectivity index (χ4n) is 1.39. The van der Waals surface area contributed by atoms with E-state index in [0.717, 1.165) is 26.4 Å². The Bertz CT molecular complexity index is 136. The van der Waals surface area contributed by atoms with E-state index in [1.54, 1.807) is 0 Å². The lowest BCUT2D eigenvalue weighted by atomic mass is 9.98. The van der Waals surface area contributed by atoms with Gasteiger partial charge in [-0.2, -0.15) is 0 Å². The van der Waals surface area contributed by atoms with Crippen LogP contribution < -0.4 is 5.32 Å². The first-order valence-electron chi connectivity index (χ1n) is 4.62. The molecule has 1 fully saturated rings. The quantitative estimate of drug-likeness (QED) is 0.684. The molecule has 0 aromatic rings. The van der Waals surface area contributed by atoms with Crippen LogP contribution in [0.25, 0.3) is 0 Å². The smallest absolute Gasteiger partial charge is 0.0801 e. The van der Waals surface area contributed by atoms with Crippen molar-refractivity contribution < 1.29 is 9.47 Å². The summed E-state index contributed by atoms with van der Waals surface area (Å²) in [5.74, 6) is 0. The van der Waals surface area contributed by atoms with Crippen molar-refractivity contribution in [3.05, 3.63) is 0 Å². The molecule has 1 N–H and O–H groups in total. The van der Waals surface area contributed by atoms with Crippen LogP contribution in [0.15, 0.2) is 0 Å². The van der Waals surface area contributed by atoms with Gasteiger partial charge in [0.05, 0.1) is 24.9 Å². The van der Waals surface area contributed by atoms with E-state index in [1.165, 1.54) is 0 Å². The normalized spacial score (nSPS) is 28.8. The molecule has 0 aliphatic carbocycles. The maximum Gasteiger partial charge on any atom is 0.0801 e. The lowest BCUT2D eigenvalue weighted by molar-refractivity contribution is -0.0895. The maximum atomic E-state index is 5.63. The first kappa shape index (κ1) is 9.96. The van der Waals surface area contributed by atoms with Gasteiger partial charge in [-0.3, -0.25) is 0 Å². The summed E-state index contributed by atoms with van der Waals surface area (Å²) in [6.07, 6.45) is 0. The van der Waals surface area contributed by atoms with Crippen molar-refractivity contribution in [1.29, 1.82) is 0 Å². The van der Waals surface area contributed by atoms with Gasteiger partial charge < -0.3 is 14.8 Å². The molecule has 0 bridgehead atoms. The number of rotatable bonds is 3. The van der Waals surface area contributed by atoms with Gasteiger partial charge >= 0.3 is 0 Å². The van der Waals surface area contributed by atoms with Crippen molar-refractivity contribution in [1.82, 2.24) is 5.32 Å². The van der Waals surface area contributed by atoms with E-state index in [2.05, 4.69) is 19.2 Å². The minimum Gasteiger partial charge on any atom is -0.380 e. The molecular formula is C9H19NO2. The van der Waals surface area contributed by atoms with E-state index in [4.69, 9.17) is 9.47 Å². The molecule has 3 heteroatoms. The molecule has 0 radical (unpaired) electrons. The minimum atomic E-state index is -0.0899. The molecular weight excluding hydrogens is 154 g/mol. The monoisotopic (exact) mass is 173 g/mol. The highest BCUT2D eigenvalue weighted by molar-refractivity contribution is 4.88. The predicted octanol–water partition coefficient (Wildman–Crippen LogP) is 0.790. The summed E-state index contributed by atoms with van der Waals surface area (Å²) in [6, 6.07) is 0.325. The second-order valence-corrected chi connectivity index (χ2v) is 3.62. The van der Waals surface area contributed by atoms with Crippen LogP contribution in [-0.2, 0) is 9.47 Å². The number of ether oxygens (including phenoxy) is 2.